The summed E-state index contributed by atoms with van der Waals surface area (Å²) < 4.78 is 10.0. The molecule has 1 aromatic heterocycles. The summed E-state index contributed by atoms with van der Waals surface area (Å²) in [7, 11) is 3.27. The number of nitrogens with zero attached hydrogens (tertiary/aromatic N) is 2. The van der Waals surface area contributed by atoms with Crippen LogP contribution in [-0.2, 0) is 16.0 Å². The van der Waals surface area contributed by atoms with Crippen molar-refractivity contribution in [1.29, 1.82) is 0 Å². The Kier molecular flexibility index (Phi) is 7.57. The molecule has 0 bridgehead atoms. The number of carbonyl (C=O) groups is 1. The molecule has 0 atom stereocenters. The second-order valence-electron chi connectivity index (χ2n) is 3.96. The zero-order valence-corrected chi connectivity index (χ0v) is 12.2. The van der Waals surface area contributed by atoms with Gasteiger partial charge < -0.3 is 20.1 Å². The number of hydrogen-bond acceptors (Lipinski definition) is 6. The van der Waals surface area contributed by atoms with E-state index in [-0.39, 0.29) is 5.91 Å². The fourth-order valence-electron chi connectivity index (χ4n) is 1.58. The van der Waals surface area contributed by atoms with Gasteiger partial charge in [0.25, 0.3) is 5.91 Å². The van der Waals surface area contributed by atoms with Crippen molar-refractivity contribution in [2.75, 3.05) is 40.5 Å². The number of amides is 1. The van der Waals surface area contributed by atoms with E-state index >= 15 is 0 Å². The highest BCUT2D eigenvalue weighted by Gasteiger charge is 2.18. The lowest BCUT2D eigenvalue weighted by molar-refractivity contribution is 0.0669. The van der Waals surface area contributed by atoms with Crippen LogP contribution in [0.3, 0.4) is 0 Å². The van der Waals surface area contributed by atoms with Crippen LogP contribution in [0.1, 0.15) is 21.9 Å². The largest absolute Gasteiger partial charge is 0.385 e. The number of methoxy groups -OCH3 is 2. The summed E-state index contributed by atoms with van der Waals surface area (Å²) in [6.07, 6.45) is 0.792. The molecule has 0 saturated heterocycles. The van der Waals surface area contributed by atoms with Crippen LogP contribution in [-0.4, -0.2) is 56.3 Å². The lowest BCUT2D eigenvalue weighted by atomic mass is 10.3. The van der Waals surface area contributed by atoms with Gasteiger partial charge in [-0.1, -0.05) is 0 Å². The van der Waals surface area contributed by atoms with Gasteiger partial charge in [-0.15, -0.1) is 11.3 Å². The van der Waals surface area contributed by atoms with E-state index in [1.165, 1.54) is 11.3 Å². The normalized spacial score (nSPS) is 10.7. The monoisotopic (exact) mass is 287 g/mol. The zero-order chi connectivity index (χ0) is 14.1. The molecule has 19 heavy (non-hydrogen) atoms. The number of aromatic nitrogens is 1. The predicted octanol–water partition coefficient (Wildman–Crippen LogP) is 0.727. The van der Waals surface area contributed by atoms with E-state index in [9.17, 15) is 4.79 Å². The Morgan fingerprint density at radius 2 is 2.11 bits per heavy atom. The number of rotatable bonds is 9. The van der Waals surface area contributed by atoms with Crippen molar-refractivity contribution in [1.82, 2.24) is 9.88 Å². The number of ether oxygens (including phenoxy) is 2. The van der Waals surface area contributed by atoms with E-state index in [0.29, 0.717) is 38.5 Å². The lowest BCUT2D eigenvalue weighted by Crippen LogP contribution is -2.35. The Bertz CT molecular complexity index is 384. The summed E-state index contributed by atoms with van der Waals surface area (Å²) in [5.41, 5.74) is 5.96. The van der Waals surface area contributed by atoms with Gasteiger partial charge in [0, 0.05) is 45.8 Å². The molecule has 1 amide bonds. The van der Waals surface area contributed by atoms with Crippen LogP contribution in [0.4, 0.5) is 0 Å². The molecule has 0 unspecified atom stereocenters. The average molecular weight is 287 g/mol. The average Bonchev–Trinajstić information content (AvgIpc) is 2.91. The molecule has 0 aliphatic carbocycles. The van der Waals surface area contributed by atoms with E-state index in [1.54, 1.807) is 24.5 Å². The van der Waals surface area contributed by atoms with Crippen molar-refractivity contribution in [2.45, 2.75) is 13.0 Å². The van der Waals surface area contributed by atoms with Crippen molar-refractivity contribution in [3.63, 3.8) is 0 Å². The Morgan fingerprint density at radius 1 is 1.37 bits per heavy atom. The second kappa shape index (κ2) is 8.98. The molecular weight excluding hydrogens is 266 g/mol. The molecule has 7 heteroatoms. The summed E-state index contributed by atoms with van der Waals surface area (Å²) in [6, 6.07) is 0. The van der Waals surface area contributed by atoms with E-state index < -0.39 is 0 Å². The molecule has 108 valence electrons. The van der Waals surface area contributed by atoms with Crippen LogP contribution in [0.5, 0.6) is 0 Å². The maximum atomic E-state index is 12.3. The number of carbonyl (C=O) groups excluding carboxylic acids is 1. The summed E-state index contributed by atoms with van der Waals surface area (Å²) >= 11 is 1.41. The van der Waals surface area contributed by atoms with E-state index in [4.69, 9.17) is 15.2 Å². The van der Waals surface area contributed by atoms with E-state index in [0.717, 1.165) is 11.4 Å². The molecule has 0 aliphatic rings. The van der Waals surface area contributed by atoms with Gasteiger partial charge in [-0.3, -0.25) is 4.79 Å². The third-order valence-corrected chi connectivity index (χ3v) is 3.45. The fraction of sp³-hybridized carbons (Fsp3) is 0.667. The topological polar surface area (TPSA) is 77.7 Å². The first-order valence-corrected chi connectivity index (χ1v) is 7.02. The van der Waals surface area contributed by atoms with Gasteiger partial charge in [0.05, 0.1) is 6.61 Å². The molecule has 0 radical (unpaired) electrons. The van der Waals surface area contributed by atoms with Crippen molar-refractivity contribution < 1.29 is 14.3 Å². The van der Waals surface area contributed by atoms with Gasteiger partial charge in [-0.2, -0.15) is 0 Å². The van der Waals surface area contributed by atoms with Crippen LogP contribution in [0.15, 0.2) is 5.38 Å². The smallest absolute Gasteiger partial charge is 0.273 e. The lowest BCUT2D eigenvalue weighted by Gasteiger charge is -2.21. The fourth-order valence-corrected chi connectivity index (χ4v) is 2.23. The minimum atomic E-state index is -0.0795. The van der Waals surface area contributed by atoms with Crippen LogP contribution in [0.2, 0.25) is 0 Å². The number of thiazole rings is 1. The van der Waals surface area contributed by atoms with Crippen molar-refractivity contribution in [3.8, 4) is 0 Å². The highest BCUT2D eigenvalue weighted by Crippen LogP contribution is 2.11. The molecule has 0 aliphatic heterocycles. The molecule has 1 heterocycles. The summed E-state index contributed by atoms with van der Waals surface area (Å²) in [6.45, 7) is 2.67. The molecule has 2 N–H and O–H groups in total. The highest BCUT2D eigenvalue weighted by atomic mass is 32.1. The molecule has 0 aromatic carbocycles. The van der Waals surface area contributed by atoms with Crippen molar-refractivity contribution >= 4 is 17.2 Å². The van der Waals surface area contributed by atoms with E-state index in [2.05, 4.69) is 4.98 Å². The molecule has 1 aromatic rings. The van der Waals surface area contributed by atoms with Crippen LogP contribution in [0, 0.1) is 0 Å². The Morgan fingerprint density at radius 3 is 2.68 bits per heavy atom. The maximum absolute atomic E-state index is 12.3. The third-order valence-electron chi connectivity index (χ3n) is 2.57. The first-order valence-electron chi connectivity index (χ1n) is 6.14. The Balaban J connectivity index is 2.63. The van der Waals surface area contributed by atoms with Crippen LogP contribution < -0.4 is 5.73 Å². The van der Waals surface area contributed by atoms with Gasteiger partial charge in [-0.25, -0.2) is 4.98 Å². The van der Waals surface area contributed by atoms with Crippen LogP contribution >= 0.6 is 11.3 Å². The molecule has 6 nitrogen and oxygen atoms in total. The molecule has 0 spiro atoms. The standard InChI is InChI=1S/C12H21N3O3S/c1-17-6-3-4-15(5-7-18-2)12(16)10-9-19-11(8-13)14-10/h9H,3-8,13H2,1-2H3. The molecule has 0 saturated carbocycles. The van der Waals surface area contributed by atoms with Crippen molar-refractivity contribution in [3.05, 3.63) is 16.1 Å². The van der Waals surface area contributed by atoms with Gasteiger partial charge in [0.2, 0.25) is 0 Å². The quantitative estimate of drug-likeness (QED) is 0.677. The zero-order valence-electron chi connectivity index (χ0n) is 11.4. The minimum absolute atomic E-state index is 0.0795. The summed E-state index contributed by atoms with van der Waals surface area (Å²) in [5.74, 6) is -0.0795. The Hall–Kier alpha value is -1.02. The minimum Gasteiger partial charge on any atom is -0.385 e. The summed E-state index contributed by atoms with van der Waals surface area (Å²) in [5, 5.41) is 2.52. The number of nitrogens with two attached hydrogens (primary N) is 1. The molecule has 0 fully saturated rings. The molecule has 1 rings (SSSR count). The van der Waals surface area contributed by atoms with Gasteiger partial charge in [-0.05, 0) is 6.42 Å². The van der Waals surface area contributed by atoms with E-state index in [1.807, 2.05) is 0 Å². The third kappa shape index (κ3) is 5.23. The number of hydrogen-bond donors (Lipinski definition) is 1. The first-order chi connectivity index (χ1) is 9.22. The Labute approximate surface area is 117 Å². The van der Waals surface area contributed by atoms with Crippen LogP contribution in [0.25, 0.3) is 0 Å². The predicted molar refractivity (Wildman–Crippen MR) is 74.3 cm³/mol. The maximum Gasteiger partial charge on any atom is 0.273 e. The highest BCUT2D eigenvalue weighted by molar-refractivity contribution is 7.09. The first kappa shape index (κ1) is 16.0. The van der Waals surface area contributed by atoms with Gasteiger partial charge in [0.15, 0.2) is 0 Å². The van der Waals surface area contributed by atoms with Gasteiger partial charge in [0.1, 0.15) is 10.7 Å². The van der Waals surface area contributed by atoms with Crippen molar-refractivity contribution in [2.24, 2.45) is 5.73 Å². The SMILES string of the molecule is COCCCN(CCOC)C(=O)c1csc(CN)n1. The molecular formula is C12H21N3O3S. The second-order valence-corrected chi connectivity index (χ2v) is 4.90. The summed E-state index contributed by atoms with van der Waals surface area (Å²) in [4.78, 5) is 18.3. The van der Waals surface area contributed by atoms with Gasteiger partial charge >= 0.3 is 0 Å².